The van der Waals surface area contributed by atoms with Gasteiger partial charge in [-0.1, -0.05) is 13.8 Å². The van der Waals surface area contributed by atoms with Gasteiger partial charge in [-0.25, -0.2) is 0 Å². The first-order valence-electron chi connectivity index (χ1n) is 6.32. The first-order chi connectivity index (χ1) is 7.58. The molecule has 0 aromatic carbocycles. The van der Waals surface area contributed by atoms with Crippen molar-refractivity contribution >= 4 is 5.91 Å². The molecule has 1 heterocycles. The van der Waals surface area contributed by atoms with Gasteiger partial charge in [0.15, 0.2) is 0 Å². The van der Waals surface area contributed by atoms with Gasteiger partial charge in [-0.15, -0.1) is 0 Å². The van der Waals surface area contributed by atoms with Crippen LogP contribution in [0.5, 0.6) is 0 Å². The summed E-state index contributed by atoms with van der Waals surface area (Å²) in [6, 6.07) is 0.334. The summed E-state index contributed by atoms with van der Waals surface area (Å²) in [5.41, 5.74) is 5.81. The van der Waals surface area contributed by atoms with Gasteiger partial charge >= 0.3 is 0 Å². The maximum atomic E-state index is 11.6. The van der Waals surface area contributed by atoms with E-state index in [4.69, 9.17) is 5.73 Å². The number of rotatable bonds is 5. The average molecular weight is 227 g/mol. The van der Waals surface area contributed by atoms with Gasteiger partial charge in [-0.3, -0.25) is 9.69 Å². The summed E-state index contributed by atoms with van der Waals surface area (Å²) >= 11 is 0. The monoisotopic (exact) mass is 227 g/mol. The fourth-order valence-electron chi connectivity index (χ4n) is 1.87. The van der Waals surface area contributed by atoms with Crippen molar-refractivity contribution in [3.05, 3.63) is 0 Å². The molecule has 0 saturated carbocycles. The zero-order valence-corrected chi connectivity index (χ0v) is 10.5. The van der Waals surface area contributed by atoms with Gasteiger partial charge in [0.25, 0.3) is 0 Å². The number of nitrogens with two attached hydrogens (primary N) is 1. The number of amides is 1. The first-order valence-corrected chi connectivity index (χ1v) is 6.32. The van der Waals surface area contributed by atoms with E-state index >= 15 is 0 Å². The Morgan fingerprint density at radius 1 is 1.44 bits per heavy atom. The van der Waals surface area contributed by atoms with Crippen LogP contribution in [0.25, 0.3) is 0 Å². The molecule has 0 aliphatic carbocycles. The Morgan fingerprint density at radius 2 is 2.06 bits per heavy atom. The van der Waals surface area contributed by atoms with Crippen molar-refractivity contribution in [1.29, 1.82) is 0 Å². The van der Waals surface area contributed by atoms with Crippen molar-refractivity contribution < 1.29 is 4.79 Å². The average Bonchev–Trinajstić information content (AvgIpc) is 2.21. The second kappa shape index (κ2) is 6.86. The molecule has 0 aromatic heterocycles. The van der Waals surface area contributed by atoms with E-state index in [1.807, 2.05) is 0 Å². The van der Waals surface area contributed by atoms with Gasteiger partial charge in [0.2, 0.25) is 5.91 Å². The smallest absolute Gasteiger partial charge is 0.234 e. The van der Waals surface area contributed by atoms with Crippen LogP contribution in [0.3, 0.4) is 0 Å². The molecule has 1 fully saturated rings. The van der Waals surface area contributed by atoms with Crippen LogP contribution in [-0.4, -0.2) is 43.0 Å². The number of nitrogens with one attached hydrogen (secondary N) is 1. The summed E-state index contributed by atoms with van der Waals surface area (Å²) in [6.45, 7) is 7.57. The standard InChI is InChI=1S/C12H25N3O/c1-10(2)3-6-14-12(16)9-15-7-4-11(13)5-8-15/h10-11H,3-9,13H2,1-2H3,(H,14,16). The summed E-state index contributed by atoms with van der Waals surface area (Å²) in [6.07, 6.45) is 3.08. The van der Waals surface area contributed by atoms with Crippen LogP contribution in [0.1, 0.15) is 33.1 Å². The quantitative estimate of drug-likeness (QED) is 0.722. The van der Waals surface area contributed by atoms with Gasteiger partial charge in [-0.2, -0.15) is 0 Å². The van der Waals surface area contributed by atoms with Crippen molar-refractivity contribution in [1.82, 2.24) is 10.2 Å². The highest BCUT2D eigenvalue weighted by molar-refractivity contribution is 5.77. The fraction of sp³-hybridized carbons (Fsp3) is 0.917. The van der Waals surface area contributed by atoms with E-state index in [1.165, 1.54) is 0 Å². The first kappa shape index (κ1) is 13.5. The third kappa shape index (κ3) is 5.47. The molecule has 0 aromatic rings. The summed E-state index contributed by atoms with van der Waals surface area (Å²) < 4.78 is 0. The number of hydrogen-bond donors (Lipinski definition) is 2. The second-order valence-corrected chi connectivity index (χ2v) is 5.15. The number of piperidine rings is 1. The number of carbonyl (C=O) groups is 1. The van der Waals surface area contributed by atoms with Crippen LogP contribution in [0.15, 0.2) is 0 Å². The minimum atomic E-state index is 0.149. The van der Waals surface area contributed by atoms with E-state index in [9.17, 15) is 4.79 Å². The molecule has 1 amide bonds. The third-order valence-electron chi connectivity index (χ3n) is 3.04. The Morgan fingerprint density at radius 3 is 2.62 bits per heavy atom. The molecule has 0 spiro atoms. The van der Waals surface area contributed by atoms with Gasteiger partial charge in [-0.05, 0) is 25.2 Å². The lowest BCUT2D eigenvalue weighted by Crippen LogP contribution is -2.44. The Kier molecular flexibility index (Phi) is 5.77. The fourth-order valence-corrected chi connectivity index (χ4v) is 1.87. The summed E-state index contributed by atoms with van der Waals surface area (Å²) in [5.74, 6) is 0.796. The Balaban J connectivity index is 2.09. The highest BCUT2D eigenvalue weighted by Gasteiger charge is 2.17. The largest absolute Gasteiger partial charge is 0.355 e. The van der Waals surface area contributed by atoms with Crippen LogP contribution >= 0.6 is 0 Å². The van der Waals surface area contributed by atoms with Crippen LogP contribution in [0.4, 0.5) is 0 Å². The highest BCUT2D eigenvalue weighted by atomic mass is 16.2. The molecule has 4 heteroatoms. The number of carbonyl (C=O) groups excluding carboxylic acids is 1. The van der Waals surface area contributed by atoms with Crippen LogP contribution in [0.2, 0.25) is 0 Å². The zero-order chi connectivity index (χ0) is 12.0. The molecule has 1 aliphatic heterocycles. The summed E-state index contributed by atoms with van der Waals surface area (Å²) in [4.78, 5) is 13.8. The molecule has 1 saturated heterocycles. The topological polar surface area (TPSA) is 58.4 Å². The third-order valence-corrected chi connectivity index (χ3v) is 3.04. The van der Waals surface area contributed by atoms with E-state index in [2.05, 4.69) is 24.1 Å². The van der Waals surface area contributed by atoms with Gasteiger partial charge in [0.1, 0.15) is 0 Å². The molecular weight excluding hydrogens is 202 g/mol. The predicted octanol–water partition coefficient (Wildman–Crippen LogP) is 0.572. The minimum absolute atomic E-state index is 0.149. The van der Waals surface area contributed by atoms with Crippen molar-refractivity contribution in [2.45, 2.75) is 39.2 Å². The highest BCUT2D eigenvalue weighted by Crippen LogP contribution is 2.07. The van der Waals surface area contributed by atoms with E-state index in [-0.39, 0.29) is 5.91 Å². The molecule has 0 atom stereocenters. The van der Waals surface area contributed by atoms with Crippen molar-refractivity contribution in [2.24, 2.45) is 11.7 Å². The Hall–Kier alpha value is -0.610. The molecule has 4 nitrogen and oxygen atoms in total. The normalized spacial score (nSPS) is 19.0. The lowest BCUT2D eigenvalue weighted by Gasteiger charge is -2.29. The molecule has 0 bridgehead atoms. The SMILES string of the molecule is CC(C)CCNC(=O)CN1CCC(N)CC1. The lowest BCUT2D eigenvalue weighted by molar-refractivity contribution is -0.122. The number of likely N-dealkylation sites (tertiary alicyclic amines) is 1. The van der Waals surface area contributed by atoms with E-state index in [1.54, 1.807) is 0 Å². The second-order valence-electron chi connectivity index (χ2n) is 5.15. The van der Waals surface area contributed by atoms with Crippen molar-refractivity contribution in [3.8, 4) is 0 Å². The van der Waals surface area contributed by atoms with Crippen LogP contribution < -0.4 is 11.1 Å². The molecule has 3 N–H and O–H groups in total. The molecule has 1 rings (SSSR count). The van der Waals surface area contributed by atoms with E-state index in [0.29, 0.717) is 18.5 Å². The molecular formula is C12H25N3O. The van der Waals surface area contributed by atoms with E-state index < -0.39 is 0 Å². The van der Waals surface area contributed by atoms with Gasteiger partial charge < -0.3 is 11.1 Å². The van der Waals surface area contributed by atoms with Crippen LogP contribution in [0, 0.1) is 5.92 Å². The van der Waals surface area contributed by atoms with E-state index in [0.717, 1.165) is 38.9 Å². The predicted molar refractivity (Wildman–Crippen MR) is 66.1 cm³/mol. The van der Waals surface area contributed by atoms with Gasteiger partial charge in [0, 0.05) is 25.7 Å². The summed E-state index contributed by atoms with van der Waals surface area (Å²) in [7, 11) is 0. The molecule has 16 heavy (non-hydrogen) atoms. The number of nitrogens with zero attached hydrogens (tertiary/aromatic N) is 1. The maximum absolute atomic E-state index is 11.6. The molecule has 1 aliphatic rings. The van der Waals surface area contributed by atoms with Crippen molar-refractivity contribution in [2.75, 3.05) is 26.2 Å². The number of hydrogen-bond acceptors (Lipinski definition) is 3. The maximum Gasteiger partial charge on any atom is 0.234 e. The Labute approximate surface area is 98.6 Å². The van der Waals surface area contributed by atoms with Crippen molar-refractivity contribution in [3.63, 3.8) is 0 Å². The lowest BCUT2D eigenvalue weighted by atomic mass is 10.1. The zero-order valence-electron chi connectivity index (χ0n) is 10.5. The van der Waals surface area contributed by atoms with Crippen LogP contribution in [-0.2, 0) is 4.79 Å². The molecule has 94 valence electrons. The summed E-state index contributed by atoms with van der Waals surface area (Å²) in [5, 5.41) is 2.96. The Bertz CT molecular complexity index is 210. The minimum Gasteiger partial charge on any atom is -0.355 e. The molecule has 0 radical (unpaired) electrons. The van der Waals surface area contributed by atoms with Gasteiger partial charge in [0.05, 0.1) is 6.54 Å². The molecule has 0 unspecified atom stereocenters.